The highest BCUT2D eigenvalue weighted by Crippen LogP contribution is 2.18. The van der Waals surface area contributed by atoms with Crippen LogP contribution < -0.4 is 10.2 Å². The Kier molecular flexibility index (Phi) is 6.69. The monoisotopic (exact) mass is 292 g/mol. The largest absolute Gasteiger partial charge is 0.465 e. The summed E-state index contributed by atoms with van der Waals surface area (Å²) < 4.78 is 5.24. The van der Waals surface area contributed by atoms with E-state index in [4.69, 9.17) is 4.74 Å². The zero-order valence-electron chi connectivity index (χ0n) is 13.9. The SMILES string of the molecule is CCCNC(C)(CN(C)c1cccc(C)c1)C(=O)OCC. The second kappa shape index (κ2) is 8.03. The molecule has 1 aromatic rings. The molecule has 0 saturated heterocycles. The van der Waals surface area contributed by atoms with Crippen molar-refractivity contribution >= 4 is 11.7 Å². The Hall–Kier alpha value is -1.55. The normalized spacial score (nSPS) is 13.6. The van der Waals surface area contributed by atoms with Gasteiger partial charge in [-0.05, 0) is 51.4 Å². The van der Waals surface area contributed by atoms with E-state index in [1.165, 1.54) is 5.56 Å². The fourth-order valence-electron chi connectivity index (χ4n) is 2.31. The van der Waals surface area contributed by atoms with Crippen molar-refractivity contribution in [3.8, 4) is 0 Å². The lowest BCUT2D eigenvalue weighted by atomic mass is 10.0. The quantitative estimate of drug-likeness (QED) is 0.748. The van der Waals surface area contributed by atoms with Crippen LogP contribution in [0.25, 0.3) is 0 Å². The molecule has 1 unspecified atom stereocenters. The highest BCUT2D eigenvalue weighted by molar-refractivity contribution is 5.81. The van der Waals surface area contributed by atoms with Crippen molar-refractivity contribution in [3.05, 3.63) is 29.8 Å². The number of anilines is 1. The molecule has 0 fully saturated rings. The van der Waals surface area contributed by atoms with Crippen LogP contribution in [-0.2, 0) is 9.53 Å². The summed E-state index contributed by atoms with van der Waals surface area (Å²) in [6.07, 6.45) is 0.975. The first-order valence-corrected chi connectivity index (χ1v) is 7.63. The van der Waals surface area contributed by atoms with Gasteiger partial charge in [0.2, 0.25) is 0 Å². The van der Waals surface area contributed by atoms with Gasteiger partial charge in [-0.3, -0.25) is 0 Å². The van der Waals surface area contributed by atoms with E-state index in [1.54, 1.807) is 0 Å². The van der Waals surface area contributed by atoms with Gasteiger partial charge in [0, 0.05) is 19.3 Å². The van der Waals surface area contributed by atoms with Crippen molar-refractivity contribution in [2.75, 3.05) is 31.6 Å². The second-order valence-corrected chi connectivity index (χ2v) is 5.67. The van der Waals surface area contributed by atoms with Gasteiger partial charge in [-0.1, -0.05) is 19.1 Å². The van der Waals surface area contributed by atoms with Crippen LogP contribution >= 0.6 is 0 Å². The maximum atomic E-state index is 12.3. The van der Waals surface area contributed by atoms with Crippen LogP contribution in [0.4, 0.5) is 5.69 Å². The Morgan fingerprint density at radius 3 is 2.67 bits per heavy atom. The number of esters is 1. The van der Waals surface area contributed by atoms with Crippen molar-refractivity contribution in [2.45, 2.75) is 39.7 Å². The molecule has 0 saturated carbocycles. The highest BCUT2D eigenvalue weighted by atomic mass is 16.5. The molecular weight excluding hydrogens is 264 g/mol. The van der Waals surface area contributed by atoms with Gasteiger partial charge in [0.25, 0.3) is 0 Å². The number of carbonyl (C=O) groups is 1. The number of likely N-dealkylation sites (N-methyl/N-ethyl adjacent to an activating group) is 1. The molecule has 0 aliphatic heterocycles. The Balaban J connectivity index is 2.86. The number of ether oxygens (including phenoxy) is 1. The number of nitrogens with zero attached hydrogens (tertiary/aromatic N) is 1. The summed E-state index contributed by atoms with van der Waals surface area (Å²) in [5.41, 5.74) is 1.60. The van der Waals surface area contributed by atoms with Crippen LogP contribution in [0.5, 0.6) is 0 Å². The zero-order valence-corrected chi connectivity index (χ0v) is 13.9. The summed E-state index contributed by atoms with van der Waals surface area (Å²) in [6, 6.07) is 8.27. The standard InChI is InChI=1S/C17H28N2O2/c1-6-11-18-17(4,16(20)21-7-2)13-19(5)15-10-8-9-14(3)12-15/h8-10,12,18H,6-7,11,13H2,1-5H3. The van der Waals surface area contributed by atoms with Gasteiger partial charge in [0.05, 0.1) is 6.61 Å². The molecule has 0 spiro atoms. The van der Waals surface area contributed by atoms with Crippen molar-refractivity contribution in [3.63, 3.8) is 0 Å². The van der Waals surface area contributed by atoms with Crippen molar-refractivity contribution in [1.29, 1.82) is 0 Å². The average Bonchev–Trinajstić information content (AvgIpc) is 2.45. The van der Waals surface area contributed by atoms with Gasteiger partial charge < -0.3 is 15.0 Å². The number of hydrogen-bond donors (Lipinski definition) is 1. The molecule has 0 bridgehead atoms. The molecule has 1 rings (SSSR count). The number of aryl methyl sites for hydroxylation is 1. The molecule has 0 heterocycles. The van der Waals surface area contributed by atoms with E-state index in [2.05, 4.69) is 42.3 Å². The van der Waals surface area contributed by atoms with E-state index in [0.717, 1.165) is 18.7 Å². The van der Waals surface area contributed by atoms with Crippen LogP contribution in [0, 0.1) is 6.92 Å². The van der Waals surface area contributed by atoms with Gasteiger partial charge in [-0.25, -0.2) is 4.79 Å². The van der Waals surface area contributed by atoms with Crippen molar-refractivity contribution in [2.24, 2.45) is 0 Å². The molecule has 0 aliphatic carbocycles. The molecule has 4 heteroatoms. The molecule has 0 radical (unpaired) electrons. The van der Waals surface area contributed by atoms with Crippen LogP contribution in [0.1, 0.15) is 32.8 Å². The van der Waals surface area contributed by atoms with Crippen LogP contribution in [0.2, 0.25) is 0 Å². The summed E-state index contributed by atoms with van der Waals surface area (Å²) in [7, 11) is 2.00. The third kappa shape index (κ3) is 5.05. The second-order valence-electron chi connectivity index (χ2n) is 5.67. The molecule has 118 valence electrons. The number of benzene rings is 1. The number of hydrogen-bond acceptors (Lipinski definition) is 4. The van der Waals surface area contributed by atoms with Crippen molar-refractivity contribution < 1.29 is 9.53 Å². The Morgan fingerprint density at radius 2 is 2.10 bits per heavy atom. The lowest BCUT2D eigenvalue weighted by Gasteiger charge is -2.33. The van der Waals surface area contributed by atoms with Gasteiger partial charge in [-0.15, -0.1) is 0 Å². The van der Waals surface area contributed by atoms with Gasteiger partial charge in [-0.2, -0.15) is 0 Å². The summed E-state index contributed by atoms with van der Waals surface area (Å²) in [5.74, 6) is -0.196. The number of nitrogens with one attached hydrogen (secondary N) is 1. The third-order valence-electron chi connectivity index (χ3n) is 3.49. The van der Waals surface area contributed by atoms with Crippen LogP contribution in [0.15, 0.2) is 24.3 Å². The highest BCUT2D eigenvalue weighted by Gasteiger charge is 2.35. The van der Waals surface area contributed by atoms with E-state index in [-0.39, 0.29) is 5.97 Å². The fourth-order valence-corrected chi connectivity index (χ4v) is 2.31. The topological polar surface area (TPSA) is 41.6 Å². The van der Waals surface area contributed by atoms with E-state index < -0.39 is 5.54 Å². The molecule has 1 aromatic carbocycles. The number of carbonyl (C=O) groups excluding carboxylic acids is 1. The van der Waals surface area contributed by atoms with Crippen molar-refractivity contribution in [1.82, 2.24) is 5.32 Å². The van der Waals surface area contributed by atoms with E-state index in [9.17, 15) is 4.79 Å². The average molecular weight is 292 g/mol. The molecule has 0 aromatic heterocycles. The minimum Gasteiger partial charge on any atom is -0.465 e. The summed E-state index contributed by atoms with van der Waals surface area (Å²) in [6.45, 7) is 9.65. The smallest absolute Gasteiger partial charge is 0.327 e. The van der Waals surface area contributed by atoms with Gasteiger partial charge in [0.15, 0.2) is 0 Å². The zero-order chi connectivity index (χ0) is 15.9. The van der Waals surface area contributed by atoms with Crippen LogP contribution in [0.3, 0.4) is 0 Å². The maximum absolute atomic E-state index is 12.3. The predicted octanol–water partition coefficient (Wildman–Crippen LogP) is 2.75. The molecule has 0 amide bonds. The minimum absolute atomic E-state index is 0.196. The number of rotatable bonds is 8. The van der Waals surface area contributed by atoms with E-state index in [0.29, 0.717) is 13.2 Å². The predicted molar refractivity (Wildman–Crippen MR) is 87.8 cm³/mol. The van der Waals surface area contributed by atoms with E-state index in [1.807, 2.05) is 27.0 Å². The van der Waals surface area contributed by atoms with Crippen LogP contribution in [-0.4, -0.2) is 38.3 Å². The first-order valence-electron chi connectivity index (χ1n) is 7.63. The molecular formula is C17H28N2O2. The van der Waals surface area contributed by atoms with Gasteiger partial charge >= 0.3 is 5.97 Å². The Bertz CT molecular complexity index is 462. The molecule has 21 heavy (non-hydrogen) atoms. The maximum Gasteiger partial charge on any atom is 0.327 e. The third-order valence-corrected chi connectivity index (χ3v) is 3.49. The van der Waals surface area contributed by atoms with Gasteiger partial charge in [0.1, 0.15) is 5.54 Å². The molecule has 0 aliphatic rings. The molecule has 4 nitrogen and oxygen atoms in total. The Labute approximate surface area is 128 Å². The fraction of sp³-hybridized carbons (Fsp3) is 0.588. The van der Waals surface area contributed by atoms with E-state index >= 15 is 0 Å². The molecule has 1 N–H and O–H groups in total. The summed E-state index contributed by atoms with van der Waals surface area (Å²) in [5, 5.41) is 3.33. The minimum atomic E-state index is -0.704. The Morgan fingerprint density at radius 1 is 1.38 bits per heavy atom. The first kappa shape index (κ1) is 17.5. The summed E-state index contributed by atoms with van der Waals surface area (Å²) in [4.78, 5) is 14.4. The summed E-state index contributed by atoms with van der Waals surface area (Å²) >= 11 is 0. The first-order chi connectivity index (χ1) is 9.92. The lowest BCUT2D eigenvalue weighted by Crippen LogP contribution is -2.57. The lowest BCUT2D eigenvalue weighted by molar-refractivity contribution is -0.150. The molecule has 1 atom stereocenters.